The molecule has 4 nitrogen and oxygen atoms in total. The topological polar surface area (TPSA) is 60.8 Å². The first-order chi connectivity index (χ1) is 18.1. The summed E-state index contributed by atoms with van der Waals surface area (Å²) in [6.45, 7) is 7.44. The van der Waals surface area contributed by atoms with Crippen molar-refractivity contribution in [3.63, 3.8) is 0 Å². The highest BCUT2D eigenvalue weighted by Crippen LogP contribution is 2.68. The number of rotatable bonds is 4. The van der Waals surface area contributed by atoms with Crippen LogP contribution in [-0.4, -0.2) is 34.9 Å². The van der Waals surface area contributed by atoms with Crippen LogP contribution >= 0.6 is 0 Å². The summed E-state index contributed by atoms with van der Waals surface area (Å²) in [5.74, 6) is 1.28. The van der Waals surface area contributed by atoms with Gasteiger partial charge in [0.05, 0.1) is 17.9 Å². The van der Waals surface area contributed by atoms with E-state index in [9.17, 15) is 23.8 Å². The zero-order valence-electron chi connectivity index (χ0n) is 23.3. The van der Waals surface area contributed by atoms with Crippen LogP contribution in [0.3, 0.4) is 0 Å². The number of carbonyl (C=O) groups is 1. The van der Waals surface area contributed by atoms with Gasteiger partial charge in [0.1, 0.15) is 0 Å². The van der Waals surface area contributed by atoms with Gasteiger partial charge in [-0.25, -0.2) is 8.78 Å². The molecule has 1 aliphatic heterocycles. The van der Waals surface area contributed by atoms with Gasteiger partial charge in [0.2, 0.25) is 5.91 Å². The minimum Gasteiger partial charge on any atom is -0.393 e. The van der Waals surface area contributed by atoms with Gasteiger partial charge in [-0.3, -0.25) is 4.79 Å². The van der Waals surface area contributed by atoms with Crippen LogP contribution in [0.4, 0.5) is 14.5 Å². The Labute approximate surface area is 226 Å². The molecule has 6 rings (SSSR count). The van der Waals surface area contributed by atoms with Gasteiger partial charge in [-0.05, 0) is 123 Å². The van der Waals surface area contributed by atoms with Crippen molar-refractivity contribution in [3.05, 3.63) is 29.3 Å². The molecule has 1 amide bonds. The Morgan fingerprint density at radius 2 is 1.87 bits per heavy atom. The average Bonchev–Trinajstić information content (AvgIpc) is 3.48. The van der Waals surface area contributed by atoms with E-state index in [1.807, 2.05) is 0 Å². The normalized spacial score (nSPS) is 42.7. The molecule has 1 aromatic carbocycles. The molecule has 2 N–H and O–H groups in total. The summed E-state index contributed by atoms with van der Waals surface area (Å²) < 4.78 is 27.8. The Balaban J connectivity index is 1.14. The lowest BCUT2D eigenvalue weighted by molar-refractivity contribution is -0.174. The fraction of sp³-hybridized carbons (Fsp3) is 0.781. The maximum absolute atomic E-state index is 14.2. The van der Waals surface area contributed by atoms with Crippen LogP contribution in [-0.2, 0) is 11.2 Å². The van der Waals surface area contributed by atoms with Gasteiger partial charge < -0.3 is 15.1 Å². The molecule has 10 atom stereocenters. The van der Waals surface area contributed by atoms with Gasteiger partial charge in [-0.1, -0.05) is 20.8 Å². The van der Waals surface area contributed by atoms with E-state index in [0.29, 0.717) is 66.1 Å². The molecule has 6 heteroatoms. The lowest BCUT2D eigenvalue weighted by Gasteiger charge is -2.62. The first-order valence-corrected chi connectivity index (χ1v) is 15.2. The predicted octanol–water partition coefficient (Wildman–Crippen LogP) is 6.26. The van der Waals surface area contributed by atoms with Crippen LogP contribution in [0, 0.1) is 58.0 Å². The minimum atomic E-state index is -0.854. The zero-order chi connectivity index (χ0) is 27.0. The predicted molar refractivity (Wildman–Crippen MR) is 143 cm³/mol. The Kier molecular flexibility index (Phi) is 6.70. The molecule has 5 aliphatic rings. The van der Waals surface area contributed by atoms with Gasteiger partial charge in [-0.2, -0.15) is 0 Å². The smallest absolute Gasteiger partial charge is 0.227 e. The molecular formula is C32H45F2NO3. The van der Waals surface area contributed by atoms with Crippen LogP contribution in [0.5, 0.6) is 0 Å². The lowest BCUT2D eigenvalue weighted by atomic mass is 9.43. The van der Waals surface area contributed by atoms with Crippen molar-refractivity contribution >= 4 is 11.6 Å². The highest BCUT2D eigenvalue weighted by Gasteiger charge is 2.63. The van der Waals surface area contributed by atoms with Crippen LogP contribution in [0.25, 0.3) is 0 Å². The highest BCUT2D eigenvalue weighted by atomic mass is 19.2. The highest BCUT2D eigenvalue weighted by molar-refractivity contribution is 5.95. The van der Waals surface area contributed by atoms with Crippen molar-refractivity contribution in [1.82, 2.24) is 0 Å². The van der Waals surface area contributed by atoms with Gasteiger partial charge in [0, 0.05) is 18.5 Å². The third-order valence-electron chi connectivity index (χ3n) is 12.7. The minimum absolute atomic E-state index is 0.0173. The number of fused-ring (bicyclic) bond motifs is 6. The number of nitrogens with zero attached hydrogens (tertiary/aromatic N) is 1. The second-order valence-corrected chi connectivity index (χ2v) is 14.1. The van der Waals surface area contributed by atoms with Crippen molar-refractivity contribution in [2.75, 3.05) is 11.4 Å². The van der Waals surface area contributed by atoms with Crippen molar-refractivity contribution in [2.24, 2.45) is 46.3 Å². The summed E-state index contributed by atoms with van der Waals surface area (Å²) in [5.41, 5.74) is 0.938. The van der Waals surface area contributed by atoms with E-state index in [0.717, 1.165) is 51.0 Å². The number of hydrogen-bond acceptors (Lipinski definition) is 3. The van der Waals surface area contributed by atoms with Crippen molar-refractivity contribution < 1.29 is 23.8 Å². The first kappa shape index (κ1) is 26.7. The summed E-state index contributed by atoms with van der Waals surface area (Å²) in [6.07, 6.45) is 9.46. The molecule has 1 heterocycles. The molecule has 0 aromatic heterocycles. The largest absolute Gasteiger partial charge is 0.393 e. The Hall–Kier alpha value is -1.53. The zero-order valence-corrected chi connectivity index (χ0v) is 23.3. The van der Waals surface area contributed by atoms with E-state index < -0.39 is 11.6 Å². The van der Waals surface area contributed by atoms with Crippen molar-refractivity contribution in [1.29, 1.82) is 0 Å². The SMILES string of the molecule is C[C@H](CCC(=O)N1CCc2c1ccc(F)c2F)[C@H]1CC[C@H]2[C@@H]3CC[C@@H]4C[C@H](O)CC[C@]4(C)[C@H]3C[C@H](O)[C@]12C. The summed E-state index contributed by atoms with van der Waals surface area (Å²) in [7, 11) is 0. The molecular weight excluding hydrogens is 484 g/mol. The molecule has 4 aliphatic carbocycles. The third kappa shape index (κ3) is 3.90. The number of benzene rings is 1. The summed E-state index contributed by atoms with van der Waals surface area (Å²) in [6, 6.07) is 2.64. The second-order valence-electron chi connectivity index (χ2n) is 14.1. The second kappa shape index (κ2) is 9.54. The van der Waals surface area contributed by atoms with E-state index in [4.69, 9.17) is 0 Å². The number of anilines is 1. The van der Waals surface area contributed by atoms with E-state index >= 15 is 0 Å². The number of aliphatic hydroxyl groups excluding tert-OH is 2. The Bertz CT molecular complexity index is 1090. The number of carbonyl (C=O) groups excluding carboxylic acids is 1. The van der Waals surface area contributed by atoms with E-state index in [1.54, 1.807) is 4.90 Å². The van der Waals surface area contributed by atoms with Crippen molar-refractivity contribution in [3.8, 4) is 0 Å². The number of halogens is 2. The average molecular weight is 530 g/mol. The number of amides is 1. The molecule has 4 saturated carbocycles. The lowest BCUT2D eigenvalue weighted by Crippen LogP contribution is -2.58. The maximum atomic E-state index is 14.2. The summed E-state index contributed by atoms with van der Waals surface area (Å²) in [4.78, 5) is 14.8. The molecule has 0 radical (unpaired) electrons. The van der Waals surface area contributed by atoms with E-state index in [1.165, 1.54) is 18.9 Å². The molecule has 0 spiro atoms. The third-order valence-corrected chi connectivity index (χ3v) is 12.7. The Morgan fingerprint density at radius 3 is 2.66 bits per heavy atom. The van der Waals surface area contributed by atoms with Gasteiger partial charge in [-0.15, -0.1) is 0 Å². The van der Waals surface area contributed by atoms with Gasteiger partial charge >= 0.3 is 0 Å². The Morgan fingerprint density at radius 1 is 1.08 bits per heavy atom. The molecule has 0 saturated heterocycles. The molecule has 4 fully saturated rings. The van der Waals surface area contributed by atoms with Gasteiger partial charge in [0.25, 0.3) is 0 Å². The standard InChI is InChI=1S/C32H45F2NO3/c1-18(4-11-29(38)35-15-13-22-27(35)10-9-26(33)30(22)34)23-7-8-24-21-6-5-19-16-20(36)12-14-31(19,2)25(21)17-28(37)32(23,24)3/h9-10,18-21,23-25,28,36-37H,4-8,11-17H2,1-3H3/t18-,19-,20-,21+,23-,24+,25+,28+,31+,32-/m1/s1. The van der Waals surface area contributed by atoms with E-state index in [-0.39, 0.29) is 28.9 Å². The van der Waals surface area contributed by atoms with Crippen LogP contribution < -0.4 is 4.90 Å². The first-order valence-electron chi connectivity index (χ1n) is 15.2. The fourth-order valence-corrected chi connectivity index (χ4v) is 10.5. The summed E-state index contributed by atoms with van der Waals surface area (Å²) >= 11 is 0. The van der Waals surface area contributed by atoms with E-state index in [2.05, 4.69) is 20.8 Å². The number of aliphatic hydroxyl groups is 2. The molecule has 0 bridgehead atoms. The van der Waals surface area contributed by atoms with Crippen LogP contribution in [0.2, 0.25) is 0 Å². The number of hydrogen-bond donors (Lipinski definition) is 2. The van der Waals surface area contributed by atoms with Crippen molar-refractivity contribution in [2.45, 2.75) is 104 Å². The maximum Gasteiger partial charge on any atom is 0.227 e. The monoisotopic (exact) mass is 529 g/mol. The van der Waals surface area contributed by atoms with Crippen LogP contribution in [0.15, 0.2) is 12.1 Å². The quantitative estimate of drug-likeness (QED) is 0.484. The van der Waals surface area contributed by atoms with Gasteiger partial charge in [0.15, 0.2) is 11.6 Å². The fourth-order valence-electron chi connectivity index (χ4n) is 10.5. The van der Waals surface area contributed by atoms with Crippen LogP contribution in [0.1, 0.15) is 90.5 Å². The molecule has 1 aromatic rings. The molecule has 38 heavy (non-hydrogen) atoms. The molecule has 210 valence electrons. The summed E-state index contributed by atoms with van der Waals surface area (Å²) in [5, 5.41) is 22.1. The molecule has 0 unspecified atom stereocenters.